The van der Waals surface area contributed by atoms with Crippen molar-refractivity contribution in [1.29, 1.82) is 0 Å². The van der Waals surface area contributed by atoms with Gasteiger partial charge in [-0.3, -0.25) is 0 Å². The Hall–Kier alpha value is -2.01. The number of benzene rings is 2. The standard InChI is InChI=1S/C22H26FO5P/c1-27-18-9-10-21(23)20(12-18)16-7-5-15(6-8-16)13-28-19-4-2-3-17(11-19)22(24)14-29(25)26/h2-4,9-12,15-16,22,24H,5-8,13-14H2,1H3/p+1/t15?,16?,22-/m1/s1. The lowest BCUT2D eigenvalue weighted by atomic mass is 9.79. The van der Waals surface area contributed by atoms with Crippen LogP contribution in [0.4, 0.5) is 4.39 Å². The van der Waals surface area contributed by atoms with Gasteiger partial charge < -0.3 is 14.6 Å². The summed E-state index contributed by atoms with van der Waals surface area (Å²) in [6.45, 7) is 0.557. The Balaban J connectivity index is 1.52. The second kappa shape index (κ2) is 10.1. The Morgan fingerprint density at radius 3 is 2.59 bits per heavy atom. The van der Waals surface area contributed by atoms with Crippen molar-refractivity contribution < 1.29 is 28.4 Å². The molecule has 156 valence electrons. The fraction of sp³-hybridized carbons (Fsp3) is 0.455. The average molecular weight is 421 g/mol. The lowest BCUT2D eigenvalue weighted by molar-refractivity contribution is 0.192. The minimum Gasteiger partial charge on any atom is -0.497 e. The molecular formula is C22H27FO5P+. The van der Waals surface area contributed by atoms with Crippen LogP contribution in [-0.2, 0) is 4.57 Å². The first kappa shape index (κ1) is 21.7. The zero-order chi connectivity index (χ0) is 20.8. The summed E-state index contributed by atoms with van der Waals surface area (Å²) in [6, 6.07) is 11.9. The molecule has 0 aromatic heterocycles. The molecule has 2 aromatic carbocycles. The minimum atomic E-state index is -2.40. The summed E-state index contributed by atoms with van der Waals surface area (Å²) in [5, 5.41) is 9.99. The number of halogens is 1. The number of aliphatic hydroxyl groups excluding tert-OH is 1. The first-order valence-corrected chi connectivity index (χ1v) is 11.2. The number of methoxy groups -OCH3 is 1. The van der Waals surface area contributed by atoms with E-state index in [4.69, 9.17) is 14.4 Å². The molecule has 0 spiro atoms. The van der Waals surface area contributed by atoms with Crippen molar-refractivity contribution in [3.63, 3.8) is 0 Å². The molecule has 1 aliphatic carbocycles. The van der Waals surface area contributed by atoms with E-state index in [2.05, 4.69) is 0 Å². The van der Waals surface area contributed by atoms with Crippen LogP contribution in [0.15, 0.2) is 42.5 Å². The molecule has 5 nitrogen and oxygen atoms in total. The van der Waals surface area contributed by atoms with Crippen LogP contribution >= 0.6 is 8.03 Å². The maximum Gasteiger partial charge on any atom is 0.508 e. The monoisotopic (exact) mass is 421 g/mol. The van der Waals surface area contributed by atoms with Gasteiger partial charge in [-0.05, 0) is 83.5 Å². The molecule has 0 bridgehead atoms. The number of ether oxygens (including phenoxy) is 2. The lowest BCUT2D eigenvalue weighted by Gasteiger charge is -2.29. The fourth-order valence-electron chi connectivity index (χ4n) is 3.88. The molecule has 2 N–H and O–H groups in total. The summed E-state index contributed by atoms with van der Waals surface area (Å²) in [5.41, 5.74) is 1.30. The highest BCUT2D eigenvalue weighted by Crippen LogP contribution is 2.38. The van der Waals surface area contributed by atoms with Gasteiger partial charge in [0.2, 0.25) is 6.16 Å². The van der Waals surface area contributed by atoms with Crippen LogP contribution < -0.4 is 9.47 Å². The summed E-state index contributed by atoms with van der Waals surface area (Å²) in [5.74, 6) is 1.72. The van der Waals surface area contributed by atoms with Crippen molar-refractivity contribution in [2.75, 3.05) is 19.9 Å². The van der Waals surface area contributed by atoms with Crippen molar-refractivity contribution in [2.45, 2.75) is 37.7 Å². The molecule has 1 fully saturated rings. The van der Waals surface area contributed by atoms with E-state index in [9.17, 15) is 14.1 Å². The molecule has 2 atom stereocenters. The van der Waals surface area contributed by atoms with Crippen LogP contribution in [0.3, 0.4) is 0 Å². The Bertz CT molecular complexity index is 836. The average Bonchev–Trinajstić information content (AvgIpc) is 2.73. The second-order valence-electron chi connectivity index (χ2n) is 7.54. The van der Waals surface area contributed by atoms with Gasteiger partial charge in [-0.15, -0.1) is 0 Å². The van der Waals surface area contributed by atoms with Crippen LogP contribution in [-0.4, -0.2) is 29.9 Å². The van der Waals surface area contributed by atoms with Crippen molar-refractivity contribution in [3.8, 4) is 11.5 Å². The first-order chi connectivity index (χ1) is 14.0. The highest BCUT2D eigenvalue weighted by atomic mass is 31.1. The summed E-state index contributed by atoms with van der Waals surface area (Å²) in [6.07, 6.45) is 2.54. The van der Waals surface area contributed by atoms with Gasteiger partial charge in [-0.1, -0.05) is 12.1 Å². The van der Waals surface area contributed by atoms with Crippen LogP contribution in [0.2, 0.25) is 0 Å². The molecule has 0 amide bonds. The molecule has 2 aromatic rings. The van der Waals surface area contributed by atoms with E-state index in [-0.39, 0.29) is 17.9 Å². The molecule has 0 saturated heterocycles. The van der Waals surface area contributed by atoms with E-state index in [1.54, 1.807) is 37.4 Å². The Labute approximate surface area is 171 Å². The third kappa shape index (κ3) is 5.99. The third-order valence-corrected chi connectivity index (χ3v) is 6.21. The maximum absolute atomic E-state index is 14.2. The zero-order valence-electron chi connectivity index (χ0n) is 16.5. The van der Waals surface area contributed by atoms with Crippen molar-refractivity contribution in [1.82, 2.24) is 0 Å². The van der Waals surface area contributed by atoms with Gasteiger partial charge in [-0.2, -0.15) is 4.89 Å². The van der Waals surface area contributed by atoms with Gasteiger partial charge in [0, 0.05) is 0 Å². The number of rotatable bonds is 8. The van der Waals surface area contributed by atoms with Crippen molar-refractivity contribution in [3.05, 3.63) is 59.4 Å². The van der Waals surface area contributed by atoms with Gasteiger partial charge in [0.1, 0.15) is 23.4 Å². The van der Waals surface area contributed by atoms with Gasteiger partial charge in [0.25, 0.3) is 0 Å². The Morgan fingerprint density at radius 2 is 1.90 bits per heavy atom. The largest absolute Gasteiger partial charge is 0.508 e. The fourth-order valence-corrected chi connectivity index (χ4v) is 4.39. The van der Waals surface area contributed by atoms with E-state index in [0.717, 1.165) is 31.2 Å². The van der Waals surface area contributed by atoms with Crippen molar-refractivity contribution in [2.24, 2.45) is 5.92 Å². The predicted octanol–water partition coefficient (Wildman–Crippen LogP) is 4.96. The molecular weight excluding hydrogens is 394 g/mol. The van der Waals surface area contributed by atoms with Crippen LogP contribution in [0.1, 0.15) is 48.8 Å². The summed E-state index contributed by atoms with van der Waals surface area (Å²) in [4.78, 5) is 8.96. The summed E-state index contributed by atoms with van der Waals surface area (Å²) in [7, 11) is -0.810. The smallest absolute Gasteiger partial charge is 0.497 e. The van der Waals surface area contributed by atoms with E-state index >= 15 is 0 Å². The van der Waals surface area contributed by atoms with E-state index in [1.807, 2.05) is 6.07 Å². The molecule has 0 heterocycles. The van der Waals surface area contributed by atoms with Gasteiger partial charge in [-0.25, -0.2) is 4.39 Å². The summed E-state index contributed by atoms with van der Waals surface area (Å²) >= 11 is 0. The second-order valence-corrected chi connectivity index (χ2v) is 8.61. The van der Waals surface area contributed by atoms with Crippen LogP contribution in [0.25, 0.3) is 0 Å². The predicted molar refractivity (Wildman–Crippen MR) is 109 cm³/mol. The van der Waals surface area contributed by atoms with Gasteiger partial charge in [0.05, 0.1) is 13.7 Å². The van der Waals surface area contributed by atoms with Crippen LogP contribution in [0, 0.1) is 11.7 Å². The molecule has 1 aliphatic rings. The van der Waals surface area contributed by atoms with E-state index < -0.39 is 14.1 Å². The molecule has 0 radical (unpaired) electrons. The maximum atomic E-state index is 14.2. The molecule has 7 heteroatoms. The van der Waals surface area contributed by atoms with E-state index in [0.29, 0.717) is 29.6 Å². The lowest BCUT2D eigenvalue weighted by Crippen LogP contribution is -2.20. The molecule has 0 aliphatic heterocycles. The van der Waals surface area contributed by atoms with Gasteiger partial charge in [0.15, 0.2) is 0 Å². The highest BCUT2D eigenvalue weighted by molar-refractivity contribution is 7.38. The third-order valence-electron chi connectivity index (χ3n) is 5.55. The molecule has 1 saturated carbocycles. The Kier molecular flexibility index (Phi) is 7.59. The normalized spacial score (nSPS) is 20.8. The quantitative estimate of drug-likeness (QED) is 0.590. The SMILES string of the molecule is COc1ccc(F)c(C2CCC(COc3cccc([C@H](O)C[P+](=O)O)c3)CC2)c1. The zero-order valence-corrected chi connectivity index (χ0v) is 17.4. The topological polar surface area (TPSA) is 76.0 Å². The molecule has 29 heavy (non-hydrogen) atoms. The number of hydrogen-bond donors (Lipinski definition) is 2. The van der Waals surface area contributed by atoms with Gasteiger partial charge >= 0.3 is 8.03 Å². The minimum absolute atomic E-state index is 0.175. The number of hydrogen-bond acceptors (Lipinski definition) is 4. The first-order valence-electron chi connectivity index (χ1n) is 9.84. The van der Waals surface area contributed by atoms with E-state index in [1.165, 1.54) is 6.07 Å². The highest BCUT2D eigenvalue weighted by Gasteiger charge is 2.25. The Morgan fingerprint density at radius 1 is 1.14 bits per heavy atom. The number of aliphatic hydroxyl groups is 1. The summed E-state index contributed by atoms with van der Waals surface area (Å²) < 4.78 is 36.2. The molecule has 1 unspecified atom stereocenters. The molecule has 3 rings (SSSR count). The van der Waals surface area contributed by atoms with Crippen molar-refractivity contribution >= 4 is 8.03 Å². The van der Waals surface area contributed by atoms with Crippen LogP contribution in [0.5, 0.6) is 11.5 Å².